The number of hydrogen-bond acceptors (Lipinski definition) is 3. The Kier molecular flexibility index (Phi) is 4.86. The average molecular weight is 351 g/mol. The summed E-state index contributed by atoms with van der Waals surface area (Å²) >= 11 is 0. The maximum Gasteiger partial charge on any atom is 0.313 e. The summed E-state index contributed by atoms with van der Waals surface area (Å²) in [5.41, 5.74) is 2.16. The molecule has 1 heterocycles. The Bertz CT molecular complexity index is 1030. The number of fused-ring (bicyclic) bond motifs is 2. The highest BCUT2D eigenvalue weighted by atomic mass is 16.5. The molecule has 0 aliphatic carbocycles. The van der Waals surface area contributed by atoms with Gasteiger partial charge in [0.1, 0.15) is 0 Å². The summed E-state index contributed by atoms with van der Waals surface area (Å²) in [5.74, 6) is -0.235. The van der Waals surface area contributed by atoms with Gasteiger partial charge >= 0.3 is 5.97 Å². The van der Waals surface area contributed by atoms with E-state index in [2.05, 4.69) is 6.92 Å². The average Bonchev–Trinajstić information content (AvgIpc) is 2.67. The maximum absolute atomic E-state index is 12.9. The van der Waals surface area contributed by atoms with Crippen LogP contribution < -0.4 is 5.43 Å². The van der Waals surface area contributed by atoms with E-state index in [-0.39, 0.29) is 18.1 Å². The van der Waals surface area contributed by atoms with Gasteiger partial charge in [-0.3, -0.25) is 9.59 Å². The SMILES string of the molecule is CCc1ccc2c(c1)c(=O)c1ccccc1n2COC(=O)C(C)(C)CC. The third-order valence-electron chi connectivity index (χ3n) is 5.21. The molecule has 2 aromatic carbocycles. The first-order valence-electron chi connectivity index (χ1n) is 9.10. The number of nitrogens with zero attached hydrogens (tertiary/aromatic N) is 1. The Morgan fingerprint density at radius 1 is 1.04 bits per heavy atom. The van der Waals surface area contributed by atoms with Crippen LogP contribution in [0.1, 0.15) is 39.7 Å². The molecule has 0 radical (unpaired) electrons. The van der Waals surface area contributed by atoms with E-state index in [1.807, 2.05) is 67.8 Å². The van der Waals surface area contributed by atoms with Crippen molar-refractivity contribution in [3.8, 4) is 0 Å². The lowest BCUT2D eigenvalue weighted by atomic mass is 9.91. The maximum atomic E-state index is 12.9. The highest BCUT2D eigenvalue weighted by molar-refractivity contribution is 5.93. The second kappa shape index (κ2) is 6.94. The van der Waals surface area contributed by atoms with Gasteiger partial charge in [-0.05, 0) is 56.5 Å². The molecular formula is C22H25NO3. The number of aryl methyl sites for hydroxylation is 1. The fraction of sp³-hybridized carbons (Fsp3) is 0.364. The van der Waals surface area contributed by atoms with Gasteiger partial charge in [-0.2, -0.15) is 0 Å². The first-order valence-corrected chi connectivity index (χ1v) is 9.10. The zero-order valence-corrected chi connectivity index (χ0v) is 15.8. The van der Waals surface area contributed by atoms with Gasteiger partial charge < -0.3 is 9.30 Å². The summed E-state index contributed by atoms with van der Waals surface area (Å²) < 4.78 is 7.53. The number of benzene rings is 2. The van der Waals surface area contributed by atoms with E-state index < -0.39 is 5.41 Å². The molecule has 0 spiro atoms. The molecular weight excluding hydrogens is 326 g/mol. The van der Waals surface area contributed by atoms with Crippen molar-refractivity contribution < 1.29 is 9.53 Å². The molecule has 0 aliphatic rings. The minimum atomic E-state index is -0.528. The van der Waals surface area contributed by atoms with Crippen LogP contribution >= 0.6 is 0 Å². The van der Waals surface area contributed by atoms with E-state index >= 15 is 0 Å². The van der Waals surface area contributed by atoms with Crippen LogP contribution in [0.2, 0.25) is 0 Å². The molecule has 0 saturated carbocycles. The number of rotatable bonds is 5. The van der Waals surface area contributed by atoms with E-state index in [1.54, 1.807) is 0 Å². The van der Waals surface area contributed by atoms with E-state index in [0.717, 1.165) is 23.0 Å². The minimum absolute atomic E-state index is 0.0161. The molecule has 0 atom stereocenters. The molecule has 0 saturated heterocycles. The second-order valence-corrected chi connectivity index (χ2v) is 7.28. The highest BCUT2D eigenvalue weighted by Crippen LogP contribution is 2.24. The summed E-state index contributed by atoms with van der Waals surface area (Å²) in [6, 6.07) is 13.4. The van der Waals surface area contributed by atoms with Crippen LogP contribution in [0.25, 0.3) is 21.8 Å². The third kappa shape index (κ3) is 3.12. The number of hydrogen-bond donors (Lipinski definition) is 0. The van der Waals surface area contributed by atoms with Crippen LogP contribution in [0.4, 0.5) is 0 Å². The molecule has 1 aromatic heterocycles. The second-order valence-electron chi connectivity index (χ2n) is 7.28. The summed E-state index contributed by atoms with van der Waals surface area (Å²) in [4.78, 5) is 25.3. The first kappa shape index (κ1) is 18.2. The summed E-state index contributed by atoms with van der Waals surface area (Å²) in [5, 5.41) is 1.30. The summed E-state index contributed by atoms with van der Waals surface area (Å²) in [6.07, 6.45) is 1.57. The Morgan fingerprint density at radius 3 is 2.42 bits per heavy atom. The molecule has 0 aliphatic heterocycles. The number of esters is 1. The molecule has 26 heavy (non-hydrogen) atoms. The van der Waals surface area contributed by atoms with Gasteiger partial charge in [0.15, 0.2) is 12.2 Å². The molecule has 136 valence electrons. The number of aromatic nitrogens is 1. The van der Waals surface area contributed by atoms with Crippen molar-refractivity contribution in [2.45, 2.75) is 47.3 Å². The molecule has 3 rings (SSSR count). The Balaban J connectivity index is 2.17. The molecule has 0 unspecified atom stereocenters. The van der Waals surface area contributed by atoms with Crippen LogP contribution in [0.5, 0.6) is 0 Å². The molecule has 0 N–H and O–H groups in total. The first-order chi connectivity index (χ1) is 12.4. The van der Waals surface area contributed by atoms with Crippen LogP contribution in [0, 0.1) is 5.41 Å². The smallest absolute Gasteiger partial charge is 0.313 e. The third-order valence-corrected chi connectivity index (χ3v) is 5.21. The monoisotopic (exact) mass is 351 g/mol. The number of carbonyl (C=O) groups is 1. The Hall–Kier alpha value is -2.62. The number of pyridine rings is 1. The van der Waals surface area contributed by atoms with Crippen molar-refractivity contribution in [1.82, 2.24) is 4.57 Å². The predicted octanol–water partition coefficient (Wildman–Crippen LogP) is 4.65. The lowest BCUT2D eigenvalue weighted by Gasteiger charge is -2.22. The van der Waals surface area contributed by atoms with Crippen molar-refractivity contribution in [3.63, 3.8) is 0 Å². The standard InChI is InChI=1S/C22H25NO3/c1-5-15-11-12-19-17(13-15)20(24)16-9-7-8-10-18(16)23(19)14-26-21(25)22(3,4)6-2/h7-13H,5-6,14H2,1-4H3. The van der Waals surface area contributed by atoms with Crippen molar-refractivity contribution in [1.29, 1.82) is 0 Å². The van der Waals surface area contributed by atoms with Crippen molar-refractivity contribution in [2.24, 2.45) is 5.41 Å². The van der Waals surface area contributed by atoms with Crippen molar-refractivity contribution >= 4 is 27.8 Å². The van der Waals surface area contributed by atoms with Gasteiger partial charge in [0, 0.05) is 10.8 Å². The normalized spacial score (nSPS) is 11.8. The number of ether oxygens (including phenoxy) is 1. The van der Waals surface area contributed by atoms with Crippen molar-refractivity contribution in [3.05, 3.63) is 58.3 Å². The molecule has 4 nitrogen and oxygen atoms in total. The van der Waals surface area contributed by atoms with Crippen LogP contribution in [0.15, 0.2) is 47.3 Å². The summed E-state index contributed by atoms with van der Waals surface area (Å²) in [7, 11) is 0. The lowest BCUT2D eigenvalue weighted by Crippen LogP contribution is -2.27. The quantitative estimate of drug-likeness (QED) is 0.496. The Labute approximate surface area is 153 Å². The van der Waals surface area contributed by atoms with E-state index in [4.69, 9.17) is 4.74 Å². The topological polar surface area (TPSA) is 48.3 Å². The van der Waals surface area contributed by atoms with Gasteiger partial charge in [-0.1, -0.05) is 32.0 Å². The van der Waals surface area contributed by atoms with Crippen LogP contribution in [-0.2, 0) is 22.7 Å². The van der Waals surface area contributed by atoms with Gasteiger partial charge in [-0.15, -0.1) is 0 Å². The largest absolute Gasteiger partial charge is 0.443 e. The fourth-order valence-electron chi connectivity index (χ4n) is 3.00. The Morgan fingerprint density at radius 2 is 1.73 bits per heavy atom. The minimum Gasteiger partial charge on any atom is -0.443 e. The zero-order chi connectivity index (χ0) is 18.9. The van der Waals surface area contributed by atoms with Crippen molar-refractivity contribution in [2.75, 3.05) is 0 Å². The highest BCUT2D eigenvalue weighted by Gasteiger charge is 2.27. The number of carbonyl (C=O) groups excluding carboxylic acids is 1. The van der Waals surface area contributed by atoms with Crippen LogP contribution in [-0.4, -0.2) is 10.5 Å². The lowest BCUT2D eigenvalue weighted by molar-refractivity contribution is -0.157. The molecule has 0 fully saturated rings. The molecule has 3 aromatic rings. The van der Waals surface area contributed by atoms with Gasteiger partial charge in [0.2, 0.25) is 0 Å². The van der Waals surface area contributed by atoms with Gasteiger partial charge in [-0.25, -0.2) is 0 Å². The van der Waals surface area contributed by atoms with Gasteiger partial charge in [0.25, 0.3) is 0 Å². The molecule has 0 bridgehead atoms. The molecule has 4 heteroatoms. The number of para-hydroxylation sites is 1. The fourth-order valence-corrected chi connectivity index (χ4v) is 3.00. The van der Waals surface area contributed by atoms with Crippen LogP contribution in [0.3, 0.4) is 0 Å². The summed E-state index contributed by atoms with van der Waals surface area (Å²) in [6.45, 7) is 7.88. The van der Waals surface area contributed by atoms with E-state index in [9.17, 15) is 9.59 Å². The van der Waals surface area contributed by atoms with E-state index in [0.29, 0.717) is 17.2 Å². The predicted molar refractivity (Wildman–Crippen MR) is 105 cm³/mol. The molecule has 0 amide bonds. The van der Waals surface area contributed by atoms with E-state index in [1.165, 1.54) is 0 Å². The van der Waals surface area contributed by atoms with Gasteiger partial charge in [0.05, 0.1) is 16.4 Å². The zero-order valence-electron chi connectivity index (χ0n) is 15.8.